The van der Waals surface area contributed by atoms with Crippen LogP contribution in [-0.4, -0.2) is 74.5 Å². The third kappa shape index (κ3) is 4.42. The van der Waals surface area contributed by atoms with Gasteiger partial charge >= 0.3 is 12.1 Å². The minimum Gasteiger partial charge on any atom is -0.475 e. The van der Waals surface area contributed by atoms with Crippen molar-refractivity contribution in [3.63, 3.8) is 0 Å². The smallest absolute Gasteiger partial charge is 0.475 e. The van der Waals surface area contributed by atoms with E-state index in [0.29, 0.717) is 11.2 Å². The summed E-state index contributed by atoms with van der Waals surface area (Å²) in [6, 6.07) is 1.82. The molecule has 1 aromatic rings. The van der Waals surface area contributed by atoms with Gasteiger partial charge in [-0.2, -0.15) is 18.3 Å². The lowest BCUT2D eigenvalue weighted by Crippen LogP contribution is -2.61. The van der Waals surface area contributed by atoms with Gasteiger partial charge in [0.05, 0.1) is 0 Å². The highest BCUT2D eigenvalue weighted by atomic mass is 19.4. The normalized spacial score (nSPS) is 25.1. The fourth-order valence-corrected chi connectivity index (χ4v) is 3.67. The number of aryl methyl sites for hydroxylation is 1. The second-order valence-corrected chi connectivity index (χ2v) is 7.52. The monoisotopic (exact) mass is 388 g/mol. The molecule has 3 fully saturated rings. The lowest BCUT2D eigenvalue weighted by molar-refractivity contribution is -0.192. The molecule has 0 bridgehead atoms. The van der Waals surface area contributed by atoms with Crippen molar-refractivity contribution in [2.75, 3.05) is 26.2 Å². The molecule has 3 heterocycles. The van der Waals surface area contributed by atoms with E-state index in [4.69, 9.17) is 9.90 Å². The number of hydrogen-bond donors (Lipinski definition) is 1. The molecule has 1 aromatic heterocycles. The molecule has 0 radical (unpaired) electrons. The number of carboxylic acid groups (broad SMARTS) is 1. The summed E-state index contributed by atoms with van der Waals surface area (Å²) in [6.45, 7) is 4.26. The highest BCUT2D eigenvalue weighted by Gasteiger charge is 2.51. The Morgan fingerprint density at radius 2 is 1.93 bits per heavy atom. The number of hydrogen-bond acceptors (Lipinski definition) is 4. The van der Waals surface area contributed by atoms with Gasteiger partial charge in [0, 0.05) is 45.0 Å². The first-order valence-corrected chi connectivity index (χ1v) is 8.95. The number of aromatic nitrogens is 2. The zero-order valence-corrected chi connectivity index (χ0v) is 15.1. The summed E-state index contributed by atoms with van der Waals surface area (Å²) >= 11 is 0. The first-order chi connectivity index (χ1) is 12.6. The van der Waals surface area contributed by atoms with Crippen LogP contribution < -0.4 is 0 Å². The van der Waals surface area contributed by atoms with Gasteiger partial charge in [0.15, 0.2) is 0 Å². The largest absolute Gasteiger partial charge is 0.490 e. The van der Waals surface area contributed by atoms with Gasteiger partial charge in [-0.1, -0.05) is 0 Å². The maximum Gasteiger partial charge on any atom is 0.490 e. The fourth-order valence-electron chi connectivity index (χ4n) is 3.67. The third-order valence-electron chi connectivity index (χ3n) is 5.49. The molecule has 7 nitrogen and oxygen atoms in total. The van der Waals surface area contributed by atoms with Gasteiger partial charge in [-0.25, -0.2) is 4.79 Å². The van der Waals surface area contributed by atoms with Crippen molar-refractivity contribution < 1.29 is 27.9 Å². The number of rotatable bonds is 3. The Labute approximate surface area is 154 Å². The Bertz CT molecular complexity index is 717. The molecular formula is C17H23F3N4O3. The van der Waals surface area contributed by atoms with E-state index in [1.165, 1.54) is 32.4 Å². The van der Waals surface area contributed by atoms with Crippen molar-refractivity contribution >= 4 is 11.9 Å². The van der Waals surface area contributed by atoms with Crippen LogP contribution in [-0.2, 0) is 11.8 Å². The molecule has 1 N–H and O–H groups in total. The number of carboxylic acids is 1. The summed E-state index contributed by atoms with van der Waals surface area (Å²) in [4.78, 5) is 26.0. The highest BCUT2D eigenvalue weighted by Crippen LogP contribution is 2.42. The number of carbonyl (C=O) groups excluding carboxylic acids is 1. The maximum atomic E-state index is 12.5. The summed E-state index contributed by atoms with van der Waals surface area (Å²) in [6.07, 6.45) is 1.96. The maximum absolute atomic E-state index is 12.5. The van der Waals surface area contributed by atoms with Gasteiger partial charge in [0.25, 0.3) is 5.91 Å². The minimum atomic E-state index is -5.08. The van der Waals surface area contributed by atoms with E-state index in [2.05, 4.69) is 10.00 Å². The van der Waals surface area contributed by atoms with Crippen LogP contribution in [0.4, 0.5) is 13.2 Å². The van der Waals surface area contributed by atoms with Crippen LogP contribution in [0.2, 0.25) is 0 Å². The molecule has 3 aliphatic rings. The van der Waals surface area contributed by atoms with E-state index < -0.39 is 12.1 Å². The summed E-state index contributed by atoms with van der Waals surface area (Å²) in [5.74, 6) is -1.72. The molecule has 1 saturated carbocycles. The average molecular weight is 388 g/mol. The van der Waals surface area contributed by atoms with Crippen LogP contribution in [0.3, 0.4) is 0 Å². The Morgan fingerprint density at radius 3 is 2.37 bits per heavy atom. The van der Waals surface area contributed by atoms with Crippen LogP contribution in [0, 0.1) is 5.92 Å². The predicted molar refractivity (Wildman–Crippen MR) is 89.1 cm³/mol. The molecule has 27 heavy (non-hydrogen) atoms. The zero-order chi connectivity index (χ0) is 19.8. The van der Waals surface area contributed by atoms with Crippen molar-refractivity contribution in [2.45, 2.75) is 37.4 Å². The number of carbonyl (C=O) groups is 2. The summed E-state index contributed by atoms with van der Waals surface area (Å²) < 4.78 is 33.4. The van der Waals surface area contributed by atoms with Crippen LogP contribution in [0.15, 0.2) is 12.3 Å². The van der Waals surface area contributed by atoms with E-state index in [9.17, 15) is 18.0 Å². The summed E-state index contributed by atoms with van der Waals surface area (Å²) in [5.41, 5.74) is 0.880. The third-order valence-corrected chi connectivity index (χ3v) is 5.49. The SMILES string of the molecule is Cn1ccc(C(=O)N2CCC3(CCN3CC3CC3)C2)n1.O=C(O)C(F)(F)F. The highest BCUT2D eigenvalue weighted by molar-refractivity contribution is 5.92. The number of aliphatic carboxylic acids is 1. The first kappa shape index (κ1) is 19.7. The topological polar surface area (TPSA) is 78.7 Å². The molecule has 10 heteroatoms. The number of alkyl halides is 3. The van der Waals surface area contributed by atoms with Crippen molar-refractivity contribution in [1.82, 2.24) is 19.6 Å². The van der Waals surface area contributed by atoms with E-state index in [1.54, 1.807) is 4.68 Å². The van der Waals surface area contributed by atoms with E-state index in [-0.39, 0.29) is 5.91 Å². The molecule has 1 atom stereocenters. The van der Waals surface area contributed by atoms with Gasteiger partial charge in [-0.3, -0.25) is 14.4 Å². The lowest BCUT2D eigenvalue weighted by atomic mass is 9.83. The number of nitrogens with zero attached hydrogens (tertiary/aromatic N) is 4. The second kappa shape index (κ2) is 7.14. The number of likely N-dealkylation sites (tertiary alicyclic amines) is 2. The van der Waals surface area contributed by atoms with Crippen LogP contribution in [0.1, 0.15) is 36.2 Å². The molecule has 1 spiro atoms. The zero-order valence-electron chi connectivity index (χ0n) is 15.1. The Morgan fingerprint density at radius 1 is 1.30 bits per heavy atom. The van der Waals surface area contributed by atoms with E-state index in [0.717, 1.165) is 25.4 Å². The average Bonchev–Trinajstić information content (AvgIpc) is 3.11. The van der Waals surface area contributed by atoms with Crippen molar-refractivity contribution in [3.8, 4) is 0 Å². The molecule has 1 aliphatic carbocycles. The first-order valence-electron chi connectivity index (χ1n) is 8.95. The van der Waals surface area contributed by atoms with Crippen LogP contribution in [0.25, 0.3) is 0 Å². The quantitative estimate of drug-likeness (QED) is 0.854. The molecule has 2 saturated heterocycles. The minimum absolute atomic E-state index is 0.0979. The Hall–Kier alpha value is -2.10. The van der Waals surface area contributed by atoms with Gasteiger partial charge < -0.3 is 10.0 Å². The molecular weight excluding hydrogens is 365 g/mol. The molecule has 4 rings (SSSR count). The standard InChI is InChI=1S/C15H22N4O.C2HF3O2/c1-17-7-4-13(16-17)14(20)18-8-5-15(11-18)6-9-19(15)10-12-2-3-12;3-2(4,5)1(6)7/h4,7,12H,2-3,5-6,8-11H2,1H3;(H,6,7). The fraction of sp³-hybridized carbons (Fsp3) is 0.706. The van der Waals surface area contributed by atoms with Crippen LogP contribution in [0.5, 0.6) is 0 Å². The van der Waals surface area contributed by atoms with Gasteiger partial charge in [-0.15, -0.1) is 0 Å². The van der Waals surface area contributed by atoms with E-state index in [1.807, 2.05) is 24.2 Å². The molecule has 0 aromatic carbocycles. The summed E-state index contributed by atoms with van der Waals surface area (Å²) in [5, 5.41) is 11.4. The van der Waals surface area contributed by atoms with Crippen molar-refractivity contribution in [3.05, 3.63) is 18.0 Å². The number of amides is 1. The van der Waals surface area contributed by atoms with Gasteiger partial charge in [0.1, 0.15) is 5.69 Å². The second-order valence-electron chi connectivity index (χ2n) is 7.52. The molecule has 150 valence electrons. The van der Waals surface area contributed by atoms with E-state index >= 15 is 0 Å². The predicted octanol–water partition coefficient (Wildman–Crippen LogP) is 1.75. The number of halogens is 3. The summed E-state index contributed by atoms with van der Waals surface area (Å²) in [7, 11) is 1.85. The Balaban J connectivity index is 0.000000260. The van der Waals surface area contributed by atoms with Gasteiger partial charge in [0.2, 0.25) is 0 Å². The Kier molecular flexibility index (Phi) is 5.20. The molecule has 1 amide bonds. The van der Waals surface area contributed by atoms with Crippen molar-refractivity contribution in [1.29, 1.82) is 0 Å². The molecule has 2 aliphatic heterocycles. The molecule has 1 unspecified atom stereocenters. The lowest BCUT2D eigenvalue weighted by Gasteiger charge is -2.51. The van der Waals surface area contributed by atoms with Crippen LogP contribution >= 0.6 is 0 Å². The van der Waals surface area contributed by atoms with Crippen molar-refractivity contribution in [2.24, 2.45) is 13.0 Å². The van der Waals surface area contributed by atoms with Gasteiger partial charge in [-0.05, 0) is 37.7 Å².